The second kappa shape index (κ2) is 6.60. The number of hydrogen-bond acceptors (Lipinski definition) is 3. The predicted molar refractivity (Wildman–Crippen MR) is 103 cm³/mol. The Balaban J connectivity index is 1.88. The van der Waals surface area contributed by atoms with Crippen molar-refractivity contribution in [3.05, 3.63) is 74.6 Å². The molecule has 0 spiro atoms. The molecule has 0 radical (unpaired) electrons. The molecular weight excluding hydrogens is 413 g/mol. The Morgan fingerprint density at radius 3 is 2.52 bits per heavy atom. The van der Waals surface area contributed by atoms with E-state index < -0.39 is 17.7 Å². The molecule has 0 saturated carbocycles. The number of anilines is 1. The number of hydrogen-bond donors (Lipinski definition) is 0. The number of amides is 1. The molecule has 0 bridgehead atoms. The molecule has 2 aliphatic rings. The van der Waals surface area contributed by atoms with Gasteiger partial charge in [0.25, 0.3) is 0 Å². The molecule has 0 saturated heterocycles. The van der Waals surface area contributed by atoms with Gasteiger partial charge in [0.15, 0.2) is 0 Å². The van der Waals surface area contributed by atoms with Crippen molar-refractivity contribution in [2.45, 2.75) is 26.2 Å². The maximum atomic E-state index is 14.5. The SMILES string of the molecule is Cc1cc(C)cc(N2C(=O)CC(c3cc(Br)ccc3F)C3=C2COC3=O)c1. The van der Waals surface area contributed by atoms with Crippen LogP contribution in [0.1, 0.15) is 29.0 Å². The van der Waals surface area contributed by atoms with Crippen LogP contribution in [0.5, 0.6) is 0 Å². The lowest BCUT2D eigenvalue weighted by Crippen LogP contribution is -2.37. The highest BCUT2D eigenvalue weighted by Crippen LogP contribution is 2.43. The monoisotopic (exact) mass is 429 g/mol. The minimum atomic E-state index is -0.651. The molecule has 2 aliphatic heterocycles. The zero-order valence-electron chi connectivity index (χ0n) is 14.9. The first-order valence-electron chi connectivity index (χ1n) is 8.61. The van der Waals surface area contributed by atoms with Crippen LogP contribution in [0.3, 0.4) is 0 Å². The molecule has 1 atom stereocenters. The Kier molecular flexibility index (Phi) is 4.38. The number of rotatable bonds is 2. The zero-order chi connectivity index (χ0) is 19.3. The number of carbonyl (C=O) groups is 2. The fourth-order valence-corrected chi connectivity index (χ4v) is 4.26. The van der Waals surface area contributed by atoms with Gasteiger partial charge in [-0.3, -0.25) is 9.69 Å². The maximum absolute atomic E-state index is 14.5. The summed E-state index contributed by atoms with van der Waals surface area (Å²) in [6, 6.07) is 10.4. The molecular formula is C21H17BrFNO3. The van der Waals surface area contributed by atoms with Crippen LogP contribution in [0.4, 0.5) is 10.1 Å². The Labute approximate surface area is 164 Å². The van der Waals surface area contributed by atoms with Crippen molar-refractivity contribution in [3.8, 4) is 0 Å². The Morgan fingerprint density at radius 1 is 1.11 bits per heavy atom. The highest BCUT2D eigenvalue weighted by atomic mass is 79.9. The lowest BCUT2D eigenvalue weighted by atomic mass is 9.83. The highest BCUT2D eigenvalue weighted by molar-refractivity contribution is 9.10. The number of ether oxygens (including phenoxy) is 1. The van der Waals surface area contributed by atoms with Crippen LogP contribution in [0.2, 0.25) is 0 Å². The summed E-state index contributed by atoms with van der Waals surface area (Å²) < 4.78 is 20.4. The Hall–Kier alpha value is -2.47. The van der Waals surface area contributed by atoms with Crippen LogP contribution in [0.15, 0.2) is 52.1 Å². The van der Waals surface area contributed by atoms with Crippen LogP contribution in [-0.4, -0.2) is 18.5 Å². The quantitative estimate of drug-likeness (QED) is 0.658. The average Bonchev–Trinajstić information content (AvgIpc) is 2.97. The van der Waals surface area contributed by atoms with Crippen LogP contribution in [0, 0.1) is 19.7 Å². The minimum absolute atomic E-state index is 0.00823. The molecule has 0 aliphatic carbocycles. The summed E-state index contributed by atoms with van der Waals surface area (Å²) in [5, 5.41) is 0. The summed E-state index contributed by atoms with van der Waals surface area (Å²) in [4.78, 5) is 27.0. The normalized spacial score (nSPS) is 19.4. The number of carbonyl (C=O) groups excluding carboxylic acids is 2. The van der Waals surface area contributed by atoms with E-state index in [1.54, 1.807) is 17.0 Å². The summed E-state index contributed by atoms with van der Waals surface area (Å²) >= 11 is 3.34. The van der Waals surface area contributed by atoms with Gasteiger partial charge in [-0.15, -0.1) is 0 Å². The topological polar surface area (TPSA) is 46.6 Å². The number of benzene rings is 2. The first kappa shape index (κ1) is 17.9. The van der Waals surface area contributed by atoms with E-state index >= 15 is 0 Å². The molecule has 27 heavy (non-hydrogen) atoms. The molecule has 1 amide bonds. The number of nitrogens with zero attached hydrogens (tertiary/aromatic N) is 1. The van der Waals surface area contributed by atoms with Gasteiger partial charge in [0, 0.05) is 22.5 Å². The second-order valence-electron chi connectivity index (χ2n) is 6.93. The molecule has 4 rings (SSSR count). The highest BCUT2D eigenvalue weighted by Gasteiger charge is 2.43. The van der Waals surface area contributed by atoms with Gasteiger partial charge in [0.2, 0.25) is 5.91 Å². The van der Waals surface area contributed by atoms with E-state index in [1.807, 2.05) is 32.0 Å². The number of cyclic esters (lactones) is 1. The largest absolute Gasteiger partial charge is 0.456 e. The van der Waals surface area contributed by atoms with Crippen molar-refractivity contribution in [1.82, 2.24) is 0 Å². The van der Waals surface area contributed by atoms with E-state index in [0.29, 0.717) is 27.0 Å². The number of halogens is 2. The first-order chi connectivity index (χ1) is 12.8. The molecule has 6 heteroatoms. The fraction of sp³-hybridized carbons (Fsp3) is 0.238. The second-order valence-corrected chi connectivity index (χ2v) is 7.85. The molecule has 2 aromatic rings. The van der Waals surface area contributed by atoms with Gasteiger partial charge < -0.3 is 4.74 Å². The third kappa shape index (κ3) is 3.08. The van der Waals surface area contributed by atoms with Gasteiger partial charge >= 0.3 is 5.97 Å². The third-order valence-electron chi connectivity index (χ3n) is 4.92. The lowest BCUT2D eigenvalue weighted by Gasteiger charge is -2.32. The summed E-state index contributed by atoms with van der Waals surface area (Å²) in [6.45, 7) is 3.92. The van der Waals surface area contributed by atoms with Gasteiger partial charge in [-0.05, 0) is 60.9 Å². The van der Waals surface area contributed by atoms with E-state index in [0.717, 1.165) is 11.1 Å². The Bertz CT molecular complexity index is 994. The minimum Gasteiger partial charge on any atom is -0.456 e. The standard InChI is InChI=1S/C21H17BrFNO3/c1-11-5-12(2)7-14(6-11)24-18-10-27-21(26)20(18)16(9-19(24)25)15-8-13(22)3-4-17(15)23/h3-8,16H,9-10H2,1-2H3. The van der Waals surface area contributed by atoms with Crippen LogP contribution in [-0.2, 0) is 14.3 Å². The molecule has 2 aromatic carbocycles. The molecule has 0 N–H and O–H groups in total. The van der Waals surface area contributed by atoms with E-state index in [1.165, 1.54) is 6.07 Å². The van der Waals surface area contributed by atoms with E-state index in [4.69, 9.17) is 4.74 Å². The fourth-order valence-electron chi connectivity index (χ4n) is 3.88. The smallest absolute Gasteiger partial charge is 0.336 e. The molecule has 0 fully saturated rings. The summed E-state index contributed by atoms with van der Waals surface area (Å²) in [5.74, 6) is -1.76. The van der Waals surface area contributed by atoms with Gasteiger partial charge in [-0.25, -0.2) is 9.18 Å². The van der Waals surface area contributed by atoms with Crippen LogP contribution in [0.25, 0.3) is 0 Å². The molecule has 4 nitrogen and oxygen atoms in total. The van der Waals surface area contributed by atoms with Gasteiger partial charge in [0.1, 0.15) is 12.4 Å². The van der Waals surface area contributed by atoms with Crippen LogP contribution >= 0.6 is 15.9 Å². The van der Waals surface area contributed by atoms with Crippen LogP contribution < -0.4 is 4.90 Å². The van der Waals surface area contributed by atoms with Crippen molar-refractivity contribution >= 4 is 33.5 Å². The van der Waals surface area contributed by atoms with Gasteiger partial charge in [-0.1, -0.05) is 22.0 Å². The average molecular weight is 430 g/mol. The van der Waals surface area contributed by atoms with E-state index in [2.05, 4.69) is 15.9 Å². The molecule has 138 valence electrons. The third-order valence-corrected chi connectivity index (χ3v) is 5.41. The number of aryl methyl sites for hydroxylation is 2. The zero-order valence-corrected chi connectivity index (χ0v) is 16.5. The Morgan fingerprint density at radius 2 is 1.81 bits per heavy atom. The lowest BCUT2D eigenvalue weighted by molar-refractivity contribution is -0.136. The van der Waals surface area contributed by atoms with Crippen molar-refractivity contribution in [2.24, 2.45) is 0 Å². The number of esters is 1. The molecule has 1 unspecified atom stereocenters. The van der Waals surface area contributed by atoms with Crippen molar-refractivity contribution in [3.63, 3.8) is 0 Å². The molecule has 2 heterocycles. The maximum Gasteiger partial charge on any atom is 0.336 e. The van der Waals surface area contributed by atoms with Crippen molar-refractivity contribution < 1.29 is 18.7 Å². The first-order valence-corrected chi connectivity index (χ1v) is 9.41. The van der Waals surface area contributed by atoms with Gasteiger partial charge in [0.05, 0.1) is 11.3 Å². The molecule has 0 aromatic heterocycles. The van der Waals surface area contributed by atoms with E-state index in [9.17, 15) is 14.0 Å². The predicted octanol–water partition coefficient (Wildman–Crippen LogP) is 4.54. The summed E-state index contributed by atoms with van der Waals surface area (Å²) in [6.07, 6.45) is 0.00823. The summed E-state index contributed by atoms with van der Waals surface area (Å²) in [5.41, 5.74) is 3.94. The van der Waals surface area contributed by atoms with Crippen molar-refractivity contribution in [2.75, 3.05) is 11.5 Å². The summed E-state index contributed by atoms with van der Waals surface area (Å²) in [7, 11) is 0. The van der Waals surface area contributed by atoms with Gasteiger partial charge in [-0.2, -0.15) is 0 Å². The van der Waals surface area contributed by atoms with E-state index in [-0.39, 0.29) is 18.9 Å². The van der Waals surface area contributed by atoms with Crippen molar-refractivity contribution in [1.29, 1.82) is 0 Å².